The number of hydrogen-bond acceptors (Lipinski definition) is 6. The Bertz CT molecular complexity index is 1430. The Kier molecular flexibility index (Phi) is 6.82. The number of aromatic nitrogens is 1. The van der Waals surface area contributed by atoms with Crippen LogP contribution in [-0.2, 0) is 22.6 Å². The van der Waals surface area contributed by atoms with Gasteiger partial charge in [0.15, 0.2) is 0 Å². The molecule has 3 heterocycles. The van der Waals surface area contributed by atoms with E-state index in [1.54, 1.807) is 11.3 Å². The van der Waals surface area contributed by atoms with Crippen molar-refractivity contribution in [3.05, 3.63) is 95.5 Å². The van der Waals surface area contributed by atoms with Crippen LogP contribution in [0.3, 0.4) is 0 Å². The highest BCUT2D eigenvalue weighted by Crippen LogP contribution is 2.33. The molecule has 2 atom stereocenters. The predicted octanol–water partition coefficient (Wildman–Crippen LogP) is 4.55. The second-order valence-electron chi connectivity index (χ2n) is 9.89. The number of carbonyl (C=O) groups is 2. The highest BCUT2D eigenvalue weighted by Gasteiger charge is 2.49. The first-order valence-electron chi connectivity index (χ1n) is 13.2. The van der Waals surface area contributed by atoms with Crippen molar-refractivity contribution in [1.29, 1.82) is 0 Å². The molecule has 1 aromatic heterocycles. The fraction of sp³-hybridized carbons (Fsp3) is 0.300. The van der Waals surface area contributed by atoms with Gasteiger partial charge in [0, 0.05) is 19.5 Å². The van der Waals surface area contributed by atoms with Gasteiger partial charge in [-0.3, -0.25) is 14.6 Å². The highest BCUT2D eigenvalue weighted by atomic mass is 32.1. The van der Waals surface area contributed by atoms with Gasteiger partial charge in [-0.05, 0) is 35.7 Å². The van der Waals surface area contributed by atoms with Gasteiger partial charge in [0.2, 0.25) is 11.8 Å². The van der Waals surface area contributed by atoms with Crippen LogP contribution in [0.15, 0.2) is 84.4 Å². The van der Waals surface area contributed by atoms with Gasteiger partial charge in [0.1, 0.15) is 12.2 Å². The summed E-state index contributed by atoms with van der Waals surface area (Å²) in [5.41, 5.74) is 5.90. The number of hydrogen-bond donors (Lipinski definition) is 0. The van der Waals surface area contributed by atoms with Crippen LogP contribution in [-0.4, -0.2) is 63.4 Å². The van der Waals surface area contributed by atoms with Crippen molar-refractivity contribution in [2.45, 2.75) is 38.5 Å². The molecule has 0 saturated carbocycles. The van der Waals surface area contributed by atoms with Crippen molar-refractivity contribution < 1.29 is 9.59 Å². The topological polar surface area (TPSA) is 60.0 Å². The van der Waals surface area contributed by atoms with Gasteiger partial charge in [-0.25, -0.2) is 9.99 Å². The first-order valence-corrected chi connectivity index (χ1v) is 14.1. The van der Waals surface area contributed by atoms with Crippen LogP contribution in [0.5, 0.6) is 0 Å². The SMILES string of the molecule is CCCN1CC(=O)N2[C@@H](Cc3ccccc3)C(=O)N(Cc3cccc4scnc34)C[C@@H]2N1c1ccccc1. The molecule has 194 valence electrons. The van der Waals surface area contributed by atoms with Crippen LogP contribution in [0.2, 0.25) is 0 Å². The van der Waals surface area contributed by atoms with Crippen molar-refractivity contribution in [2.75, 3.05) is 24.6 Å². The smallest absolute Gasteiger partial charge is 0.246 e. The van der Waals surface area contributed by atoms with Crippen LogP contribution in [0, 0.1) is 0 Å². The van der Waals surface area contributed by atoms with E-state index in [0.29, 0.717) is 19.5 Å². The third-order valence-electron chi connectivity index (χ3n) is 7.41. The van der Waals surface area contributed by atoms with Crippen molar-refractivity contribution in [2.24, 2.45) is 0 Å². The lowest BCUT2D eigenvalue weighted by molar-refractivity contribution is -0.163. The Morgan fingerprint density at radius 2 is 1.71 bits per heavy atom. The number of fused-ring (bicyclic) bond motifs is 2. The molecule has 4 aromatic rings. The molecule has 2 saturated heterocycles. The molecule has 0 spiro atoms. The minimum absolute atomic E-state index is 0.00571. The van der Waals surface area contributed by atoms with Gasteiger partial charge in [-0.2, -0.15) is 0 Å². The lowest BCUT2D eigenvalue weighted by Crippen LogP contribution is -2.75. The number of carbonyl (C=O) groups excluding carboxylic acids is 2. The minimum Gasteiger partial charge on any atom is -0.332 e. The highest BCUT2D eigenvalue weighted by molar-refractivity contribution is 7.16. The largest absolute Gasteiger partial charge is 0.332 e. The summed E-state index contributed by atoms with van der Waals surface area (Å²) in [4.78, 5) is 36.2. The first-order chi connectivity index (χ1) is 18.6. The summed E-state index contributed by atoms with van der Waals surface area (Å²) in [6, 6.07) is 25.8. The summed E-state index contributed by atoms with van der Waals surface area (Å²) in [6.07, 6.45) is 1.10. The quantitative estimate of drug-likeness (QED) is 0.354. The Hall–Kier alpha value is -3.75. The molecule has 2 aliphatic rings. The number of amides is 2. The van der Waals surface area contributed by atoms with E-state index >= 15 is 0 Å². The summed E-state index contributed by atoms with van der Waals surface area (Å²) in [5, 5.41) is 4.39. The van der Waals surface area contributed by atoms with E-state index < -0.39 is 6.04 Å². The molecule has 7 nitrogen and oxygen atoms in total. The number of benzene rings is 3. The second-order valence-corrected chi connectivity index (χ2v) is 10.8. The molecule has 3 aromatic carbocycles. The summed E-state index contributed by atoms with van der Waals surface area (Å²) >= 11 is 1.61. The number of hydrazine groups is 1. The van der Waals surface area contributed by atoms with E-state index in [-0.39, 0.29) is 24.5 Å². The summed E-state index contributed by atoms with van der Waals surface area (Å²) in [5.74, 6) is -0.00574. The fourth-order valence-electron chi connectivity index (χ4n) is 5.76. The van der Waals surface area contributed by atoms with E-state index in [9.17, 15) is 9.59 Å². The molecule has 0 aliphatic carbocycles. The van der Waals surface area contributed by atoms with Gasteiger partial charge in [0.25, 0.3) is 0 Å². The minimum atomic E-state index is -0.576. The van der Waals surface area contributed by atoms with E-state index in [0.717, 1.165) is 40.0 Å². The number of piperazine rings is 1. The average Bonchev–Trinajstić information content (AvgIpc) is 3.42. The lowest BCUT2D eigenvalue weighted by atomic mass is 9.98. The Morgan fingerprint density at radius 1 is 0.947 bits per heavy atom. The predicted molar refractivity (Wildman–Crippen MR) is 150 cm³/mol. The molecule has 0 bridgehead atoms. The van der Waals surface area contributed by atoms with E-state index in [1.165, 1.54) is 0 Å². The molecule has 6 rings (SSSR count). The second kappa shape index (κ2) is 10.6. The van der Waals surface area contributed by atoms with Gasteiger partial charge in [-0.1, -0.05) is 67.6 Å². The standard InChI is InChI=1S/C30H31N5O2S/c1-2-16-33-20-28(36)34-25(17-22-10-5-3-6-11-22)30(37)32(18-23-12-9-15-26-29(23)31-21-38-26)19-27(34)35(33)24-13-7-4-8-14-24/h3-15,21,25,27H,2,16-20H2,1H3/t25-,27-/m0/s1. The number of thiazole rings is 1. The van der Waals surface area contributed by atoms with E-state index in [4.69, 9.17) is 0 Å². The fourth-order valence-corrected chi connectivity index (χ4v) is 6.48. The number of rotatable bonds is 7. The monoisotopic (exact) mass is 525 g/mol. The zero-order chi connectivity index (χ0) is 26.1. The molecule has 0 unspecified atom stereocenters. The molecule has 8 heteroatoms. The molecular formula is C30H31N5O2S. The zero-order valence-corrected chi connectivity index (χ0v) is 22.3. The average molecular weight is 526 g/mol. The third kappa shape index (κ3) is 4.54. The molecule has 38 heavy (non-hydrogen) atoms. The van der Waals surface area contributed by atoms with Crippen molar-refractivity contribution in [1.82, 2.24) is 19.8 Å². The Labute approximate surface area is 226 Å². The molecule has 0 N–H and O–H groups in total. The molecule has 2 amide bonds. The van der Waals surface area contributed by atoms with Crippen LogP contribution in [0.4, 0.5) is 5.69 Å². The number of nitrogens with zero attached hydrogens (tertiary/aromatic N) is 5. The maximum absolute atomic E-state index is 14.1. The Balaban J connectivity index is 1.42. The normalized spacial score (nSPS) is 20.3. The molecular weight excluding hydrogens is 494 g/mol. The van der Waals surface area contributed by atoms with Gasteiger partial charge in [0.05, 0.1) is 34.5 Å². The molecule has 0 radical (unpaired) electrons. The maximum atomic E-state index is 14.1. The van der Waals surface area contributed by atoms with E-state index in [2.05, 4.69) is 46.2 Å². The lowest BCUT2D eigenvalue weighted by Gasteiger charge is -2.56. The summed E-state index contributed by atoms with van der Waals surface area (Å²) < 4.78 is 1.11. The van der Waals surface area contributed by atoms with Crippen molar-refractivity contribution >= 4 is 39.1 Å². The maximum Gasteiger partial charge on any atom is 0.246 e. The Morgan fingerprint density at radius 3 is 2.47 bits per heavy atom. The summed E-state index contributed by atoms with van der Waals surface area (Å²) in [7, 11) is 0. The summed E-state index contributed by atoms with van der Waals surface area (Å²) in [6.45, 7) is 4.03. The van der Waals surface area contributed by atoms with Crippen LogP contribution in [0.25, 0.3) is 10.2 Å². The third-order valence-corrected chi connectivity index (χ3v) is 8.20. The van der Waals surface area contributed by atoms with Gasteiger partial charge in [-0.15, -0.1) is 11.3 Å². The zero-order valence-electron chi connectivity index (χ0n) is 21.4. The van der Waals surface area contributed by atoms with Gasteiger partial charge < -0.3 is 9.80 Å². The first kappa shape index (κ1) is 24.6. The van der Waals surface area contributed by atoms with Crippen molar-refractivity contribution in [3.63, 3.8) is 0 Å². The van der Waals surface area contributed by atoms with Crippen LogP contribution >= 0.6 is 11.3 Å². The van der Waals surface area contributed by atoms with E-state index in [1.807, 2.05) is 69.9 Å². The number of anilines is 1. The molecule has 2 fully saturated rings. The van der Waals surface area contributed by atoms with Crippen LogP contribution < -0.4 is 5.01 Å². The van der Waals surface area contributed by atoms with Gasteiger partial charge >= 0.3 is 0 Å². The molecule has 2 aliphatic heterocycles. The van der Waals surface area contributed by atoms with Crippen LogP contribution in [0.1, 0.15) is 24.5 Å². The number of para-hydroxylation sites is 2. The van der Waals surface area contributed by atoms with Crippen molar-refractivity contribution in [3.8, 4) is 0 Å².